The Morgan fingerprint density at radius 1 is 1.04 bits per heavy atom. The molecule has 2 amide bonds. The van der Waals surface area contributed by atoms with Gasteiger partial charge in [0.25, 0.3) is 5.91 Å². The van der Waals surface area contributed by atoms with Gasteiger partial charge in [-0.1, -0.05) is 36.2 Å². The molecule has 0 unspecified atom stereocenters. The average Bonchev–Trinajstić information content (AvgIpc) is 2.50. The van der Waals surface area contributed by atoms with Crippen LogP contribution in [0.1, 0.15) is 29.3 Å². The molecule has 0 aromatic heterocycles. The predicted molar refractivity (Wildman–Crippen MR) is 94.5 cm³/mol. The average molecular weight is 351 g/mol. The van der Waals surface area contributed by atoms with Crippen LogP contribution in [0.3, 0.4) is 0 Å². The van der Waals surface area contributed by atoms with Crippen molar-refractivity contribution >= 4 is 46.4 Å². The fourth-order valence-corrected chi connectivity index (χ4v) is 2.44. The standard InChI is InChI=1S/C17H16Cl2N2O2/c1-3-16(22)21-15-9-12(6-4-10(15)2)20-17(23)13-7-5-11(18)8-14(13)19/h4-9H,3H2,1-2H3,(H,20,23)(H,21,22). The second-order valence-electron chi connectivity index (χ2n) is 5.01. The van der Waals surface area contributed by atoms with E-state index in [1.807, 2.05) is 13.0 Å². The van der Waals surface area contributed by atoms with E-state index in [4.69, 9.17) is 23.2 Å². The molecular weight excluding hydrogens is 335 g/mol. The number of rotatable bonds is 4. The lowest BCUT2D eigenvalue weighted by Gasteiger charge is -2.11. The molecule has 23 heavy (non-hydrogen) atoms. The Morgan fingerprint density at radius 3 is 2.43 bits per heavy atom. The van der Waals surface area contributed by atoms with Gasteiger partial charge in [-0.25, -0.2) is 0 Å². The van der Waals surface area contributed by atoms with Crippen molar-refractivity contribution in [3.63, 3.8) is 0 Å². The summed E-state index contributed by atoms with van der Waals surface area (Å²) in [5.41, 5.74) is 2.47. The van der Waals surface area contributed by atoms with Gasteiger partial charge in [0.15, 0.2) is 0 Å². The van der Waals surface area contributed by atoms with E-state index in [0.29, 0.717) is 28.4 Å². The molecule has 0 saturated heterocycles. The largest absolute Gasteiger partial charge is 0.326 e. The molecule has 0 radical (unpaired) electrons. The zero-order chi connectivity index (χ0) is 17.0. The summed E-state index contributed by atoms with van der Waals surface area (Å²) in [6, 6.07) is 9.98. The molecule has 0 aliphatic rings. The summed E-state index contributed by atoms with van der Waals surface area (Å²) in [6.45, 7) is 3.66. The maximum atomic E-state index is 12.3. The van der Waals surface area contributed by atoms with Gasteiger partial charge >= 0.3 is 0 Å². The number of carbonyl (C=O) groups excluding carboxylic acids is 2. The van der Waals surface area contributed by atoms with Crippen LogP contribution in [0.2, 0.25) is 10.0 Å². The number of hydrogen-bond donors (Lipinski definition) is 2. The number of carbonyl (C=O) groups is 2. The van der Waals surface area contributed by atoms with Crippen LogP contribution in [-0.4, -0.2) is 11.8 Å². The number of halogens is 2. The number of aryl methyl sites for hydroxylation is 1. The highest BCUT2D eigenvalue weighted by atomic mass is 35.5. The molecule has 0 atom stereocenters. The highest BCUT2D eigenvalue weighted by Crippen LogP contribution is 2.24. The van der Waals surface area contributed by atoms with Crippen molar-refractivity contribution in [2.45, 2.75) is 20.3 Å². The molecule has 2 N–H and O–H groups in total. The molecule has 0 aliphatic heterocycles. The van der Waals surface area contributed by atoms with Gasteiger partial charge < -0.3 is 10.6 Å². The van der Waals surface area contributed by atoms with Gasteiger partial charge in [0.05, 0.1) is 10.6 Å². The van der Waals surface area contributed by atoms with Crippen molar-refractivity contribution in [1.29, 1.82) is 0 Å². The minimum Gasteiger partial charge on any atom is -0.326 e. The van der Waals surface area contributed by atoms with Crippen molar-refractivity contribution in [3.05, 3.63) is 57.6 Å². The first-order valence-electron chi connectivity index (χ1n) is 7.07. The monoisotopic (exact) mass is 350 g/mol. The number of anilines is 2. The predicted octanol–water partition coefficient (Wildman–Crippen LogP) is 4.90. The summed E-state index contributed by atoms with van der Waals surface area (Å²) < 4.78 is 0. The van der Waals surface area contributed by atoms with E-state index in [0.717, 1.165) is 5.56 Å². The Balaban J connectivity index is 2.21. The molecule has 6 heteroatoms. The van der Waals surface area contributed by atoms with Crippen LogP contribution in [0.15, 0.2) is 36.4 Å². The fraction of sp³-hybridized carbons (Fsp3) is 0.176. The summed E-state index contributed by atoms with van der Waals surface area (Å²) in [5.74, 6) is -0.430. The Kier molecular flexibility index (Phi) is 5.64. The molecule has 4 nitrogen and oxygen atoms in total. The molecule has 0 fully saturated rings. The van der Waals surface area contributed by atoms with E-state index < -0.39 is 0 Å². The minimum absolute atomic E-state index is 0.0858. The summed E-state index contributed by atoms with van der Waals surface area (Å²) in [5, 5.41) is 6.30. The van der Waals surface area contributed by atoms with Gasteiger partial charge in [0.1, 0.15) is 0 Å². The Hall–Kier alpha value is -2.04. The third kappa shape index (κ3) is 4.47. The van der Waals surface area contributed by atoms with Crippen LogP contribution in [-0.2, 0) is 4.79 Å². The molecular formula is C17H16Cl2N2O2. The topological polar surface area (TPSA) is 58.2 Å². The van der Waals surface area contributed by atoms with Crippen LogP contribution in [0.4, 0.5) is 11.4 Å². The van der Waals surface area contributed by atoms with Crippen LogP contribution in [0.5, 0.6) is 0 Å². The third-order valence-corrected chi connectivity index (χ3v) is 3.81. The number of amides is 2. The lowest BCUT2D eigenvalue weighted by atomic mass is 10.1. The van der Waals surface area contributed by atoms with Crippen LogP contribution >= 0.6 is 23.2 Å². The van der Waals surface area contributed by atoms with Gasteiger partial charge in [-0.15, -0.1) is 0 Å². The second kappa shape index (κ2) is 7.49. The van der Waals surface area contributed by atoms with E-state index in [1.54, 1.807) is 31.2 Å². The van der Waals surface area contributed by atoms with Crippen LogP contribution < -0.4 is 10.6 Å². The molecule has 0 heterocycles. The van der Waals surface area contributed by atoms with E-state index in [9.17, 15) is 9.59 Å². The zero-order valence-corrected chi connectivity index (χ0v) is 14.3. The lowest BCUT2D eigenvalue weighted by molar-refractivity contribution is -0.115. The molecule has 0 aliphatic carbocycles. The van der Waals surface area contributed by atoms with Crippen molar-refractivity contribution in [1.82, 2.24) is 0 Å². The minimum atomic E-state index is -0.344. The van der Waals surface area contributed by atoms with E-state index in [1.165, 1.54) is 6.07 Å². The van der Waals surface area contributed by atoms with Crippen molar-refractivity contribution < 1.29 is 9.59 Å². The maximum absolute atomic E-state index is 12.3. The highest BCUT2D eigenvalue weighted by molar-refractivity contribution is 6.37. The van der Waals surface area contributed by atoms with Crippen LogP contribution in [0, 0.1) is 6.92 Å². The first-order chi connectivity index (χ1) is 10.9. The maximum Gasteiger partial charge on any atom is 0.257 e. The fourth-order valence-electron chi connectivity index (χ4n) is 1.95. The van der Waals surface area contributed by atoms with Crippen molar-refractivity contribution in [3.8, 4) is 0 Å². The first kappa shape index (κ1) is 17.3. The first-order valence-corrected chi connectivity index (χ1v) is 7.83. The van der Waals surface area contributed by atoms with Gasteiger partial charge in [0, 0.05) is 22.8 Å². The summed E-state index contributed by atoms with van der Waals surface area (Å²) >= 11 is 11.9. The second-order valence-corrected chi connectivity index (χ2v) is 5.85. The van der Waals surface area contributed by atoms with Gasteiger partial charge in [-0.3, -0.25) is 9.59 Å². The van der Waals surface area contributed by atoms with Gasteiger partial charge in [-0.05, 0) is 42.8 Å². The quantitative estimate of drug-likeness (QED) is 0.823. The highest BCUT2D eigenvalue weighted by Gasteiger charge is 2.12. The SMILES string of the molecule is CCC(=O)Nc1cc(NC(=O)c2ccc(Cl)cc2Cl)ccc1C. The van der Waals surface area contributed by atoms with Gasteiger partial charge in [-0.2, -0.15) is 0 Å². The van der Waals surface area contributed by atoms with E-state index >= 15 is 0 Å². The normalized spacial score (nSPS) is 10.3. The van der Waals surface area contributed by atoms with Crippen molar-refractivity contribution in [2.75, 3.05) is 10.6 Å². The van der Waals surface area contributed by atoms with E-state index in [2.05, 4.69) is 10.6 Å². The number of nitrogens with one attached hydrogen (secondary N) is 2. The molecule has 2 aromatic rings. The number of hydrogen-bond acceptors (Lipinski definition) is 2. The molecule has 2 aromatic carbocycles. The smallest absolute Gasteiger partial charge is 0.257 e. The summed E-state index contributed by atoms with van der Waals surface area (Å²) in [7, 11) is 0. The lowest BCUT2D eigenvalue weighted by Crippen LogP contribution is -2.14. The Morgan fingerprint density at radius 2 is 1.78 bits per heavy atom. The Bertz CT molecular complexity index is 760. The summed E-state index contributed by atoms with van der Waals surface area (Å²) in [4.78, 5) is 23.8. The molecule has 120 valence electrons. The summed E-state index contributed by atoms with van der Waals surface area (Å²) in [6.07, 6.45) is 0.385. The molecule has 0 saturated carbocycles. The molecule has 0 bridgehead atoms. The van der Waals surface area contributed by atoms with Gasteiger partial charge in [0.2, 0.25) is 5.91 Å². The Labute approximate surface area is 144 Å². The number of benzene rings is 2. The third-order valence-electron chi connectivity index (χ3n) is 3.27. The van der Waals surface area contributed by atoms with E-state index in [-0.39, 0.29) is 16.8 Å². The van der Waals surface area contributed by atoms with Crippen molar-refractivity contribution in [2.24, 2.45) is 0 Å². The zero-order valence-electron chi connectivity index (χ0n) is 12.7. The van der Waals surface area contributed by atoms with Crippen LogP contribution in [0.25, 0.3) is 0 Å². The molecule has 0 spiro atoms. The molecule has 2 rings (SSSR count).